The fourth-order valence-corrected chi connectivity index (χ4v) is 1.93. The van der Waals surface area contributed by atoms with Gasteiger partial charge in [0.15, 0.2) is 5.82 Å². The average molecular weight is 275 g/mol. The average Bonchev–Trinajstić information content (AvgIpc) is 2.91. The molecular weight excluding hydrogens is 254 g/mol. The summed E-state index contributed by atoms with van der Waals surface area (Å²) in [5, 5.41) is 7.24. The van der Waals surface area contributed by atoms with Crippen molar-refractivity contribution in [3.8, 4) is 5.75 Å². The van der Waals surface area contributed by atoms with E-state index in [9.17, 15) is 0 Å². The van der Waals surface area contributed by atoms with Gasteiger partial charge in [-0.25, -0.2) is 0 Å². The molecule has 1 heterocycles. The summed E-state index contributed by atoms with van der Waals surface area (Å²) in [6, 6.07) is 5.99. The van der Waals surface area contributed by atoms with E-state index in [-0.39, 0.29) is 0 Å². The van der Waals surface area contributed by atoms with E-state index in [1.165, 1.54) is 5.56 Å². The minimum atomic E-state index is 0.499. The van der Waals surface area contributed by atoms with Crippen LogP contribution >= 0.6 is 0 Å². The van der Waals surface area contributed by atoms with Crippen LogP contribution in [0.5, 0.6) is 5.75 Å². The van der Waals surface area contributed by atoms with Crippen LogP contribution in [-0.2, 0) is 13.0 Å². The van der Waals surface area contributed by atoms with Crippen LogP contribution in [0.1, 0.15) is 37.0 Å². The second-order valence-electron chi connectivity index (χ2n) is 4.77. The second-order valence-corrected chi connectivity index (χ2v) is 4.77. The van der Waals surface area contributed by atoms with E-state index >= 15 is 0 Å². The Morgan fingerprint density at radius 1 is 1.35 bits per heavy atom. The highest BCUT2D eigenvalue weighted by Crippen LogP contribution is 2.25. The molecule has 1 aromatic carbocycles. The first-order valence-electron chi connectivity index (χ1n) is 6.93. The first-order valence-corrected chi connectivity index (χ1v) is 6.93. The number of hydrogen-bond acceptors (Lipinski definition) is 5. The number of nitrogens with zero attached hydrogens (tertiary/aromatic N) is 2. The molecule has 0 fully saturated rings. The third-order valence-corrected chi connectivity index (χ3v) is 3.05. The number of hydrogen-bond donors (Lipinski definition) is 1. The first kappa shape index (κ1) is 14.4. The topological polar surface area (TPSA) is 60.2 Å². The summed E-state index contributed by atoms with van der Waals surface area (Å²) < 4.78 is 10.5. The Morgan fingerprint density at radius 2 is 2.20 bits per heavy atom. The van der Waals surface area contributed by atoms with Crippen LogP contribution in [-0.4, -0.2) is 17.3 Å². The van der Waals surface area contributed by atoms with Crippen molar-refractivity contribution in [3.05, 3.63) is 35.5 Å². The van der Waals surface area contributed by atoms with E-state index < -0.39 is 0 Å². The lowest BCUT2D eigenvalue weighted by Gasteiger charge is -2.10. The lowest BCUT2D eigenvalue weighted by atomic mass is 10.2. The number of methoxy groups -OCH3 is 1. The number of anilines is 1. The predicted molar refractivity (Wildman–Crippen MR) is 78.0 cm³/mol. The van der Waals surface area contributed by atoms with Crippen LogP contribution in [0.4, 0.5) is 5.69 Å². The van der Waals surface area contributed by atoms with Gasteiger partial charge in [0.1, 0.15) is 5.75 Å². The Kier molecular flexibility index (Phi) is 4.98. The minimum Gasteiger partial charge on any atom is -0.495 e. The zero-order valence-corrected chi connectivity index (χ0v) is 12.3. The van der Waals surface area contributed by atoms with E-state index in [1.54, 1.807) is 7.11 Å². The number of benzene rings is 1. The van der Waals surface area contributed by atoms with Crippen LogP contribution in [0.2, 0.25) is 0 Å². The molecule has 108 valence electrons. The van der Waals surface area contributed by atoms with E-state index in [0.717, 1.165) is 36.5 Å². The largest absolute Gasteiger partial charge is 0.495 e. The van der Waals surface area contributed by atoms with E-state index in [4.69, 9.17) is 9.26 Å². The van der Waals surface area contributed by atoms with Gasteiger partial charge in [-0.3, -0.25) is 0 Å². The third kappa shape index (κ3) is 3.73. The Morgan fingerprint density at radius 3 is 2.95 bits per heavy atom. The Balaban J connectivity index is 1.98. The first-order chi connectivity index (χ1) is 9.72. The maximum absolute atomic E-state index is 5.32. The molecule has 2 aromatic rings. The van der Waals surface area contributed by atoms with Gasteiger partial charge in [-0.2, -0.15) is 4.98 Å². The number of rotatable bonds is 7. The van der Waals surface area contributed by atoms with Crippen LogP contribution in [0.25, 0.3) is 0 Å². The zero-order chi connectivity index (χ0) is 14.4. The molecule has 1 aromatic heterocycles. The van der Waals surface area contributed by atoms with Gasteiger partial charge in [-0.15, -0.1) is 0 Å². The Bertz CT molecular complexity index is 552. The highest BCUT2D eigenvalue weighted by atomic mass is 16.5. The summed E-state index contributed by atoms with van der Waals surface area (Å²) in [6.07, 6.45) is 3.08. The molecule has 0 radical (unpaired) electrons. The summed E-state index contributed by atoms with van der Waals surface area (Å²) in [6.45, 7) is 4.69. The highest BCUT2D eigenvalue weighted by Gasteiger charge is 2.08. The molecule has 0 saturated carbocycles. The fourth-order valence-electron chi connectivity index (χ4n) is 1.93. The van der Waals surface area contributed by atoms with Gasteiger partial charge in [0.2, 0.25) is 5.89 Å². The van der Waals surface area contributed by atoms with Crippen molar-refractivity contribution in [1.29, 1.82) is 0 Å². The molecule has 5 heteroatoms. The Labute approximate surface area is 119 Å². The van der Waals surface area contributed by atoms with Crippen molar-refractivity contribution in [3.63, 3.8) is 0 Å². The van der Waals surface area contributed by atoms with Gasteiger partial charge < -0.3 is 14.6 Å². The normalized spacial score (nSPS) is 10.6. The molecule has 1 N–H and O–H groups in total. The lowest BCUT2D eigenvalue weighted by molar-refractivity contribution is 0.376. The van der Waals surface area contributed by atoms with Gasteiger partial charge >= 0.3 is 0 Å². The van der Waals surface area contributed by atoms with Crippen LogP contribution in [0.3, 0.4) is 0 Å². The molecule has 0 aliphatic carbocycles. The summed E-state index contributed by atoms with van der Waals surface area (Å²) in [5.41, 5.74) is 2.10. The molecule has 0 saturated heterocycles. The molecule has 0 atom stereocenters. The lowest BCUT2D eigenvalue weighted by Crippen LogP contribution is -2.02. The molecule has 0 aliphatic heterocycles. The summed E-state index contributed by atoms with van der Waals surface area (Å²) in [5.74, 6) is 2.18. The van der Waals surface area contributed by atoms with E-state index in [2.05, 4.69) is 22.4 Å². The second kappa shape index (κ2) is 6.93. The smallest absolute Gasteiger partial charge is 0.245 e. The molecule has 2 rings (SSSR count). The van der Waals surface area contributed by atoms with E-state index in [0.29, 0.717) is 12.4 Å². The molecule has 0 unspecified atom stereocenters. The monoisotopic (exact) mass is 275 g/mol. The molecule has 0 bridgehead atoms. The molecule has 0 amide bonds. The van der Waals surface area contributed by atoms with Crippen LogP contribution < -0.4 is 10.1 Å². The van der Waals surface area contributed by atoms with Gasteiger partial charge in [0.05, 0.1) is 19.3 Å². The number of unbranched alkanes of at least 4 members (excludes halogenated alkanes) is 1. The number of aryl methyl sites for hydroxylation is 2. The van der Waals surface area contributed by atoms with Crippen molar-refractivity contribution in [2.45, 2.75) is 39.7 Å². The quantitative estimate of drug-likeness (QED) is 0.839. The number of nitrogens with one attached hydrogen (secondary N) is 1. The molecule has 0 spiro atoms. The summed E-state index contributed by atoms with van der Waals surface area (Å²) in [7, 11) is 1.66. The predicted octanol–water partition coefficient (Wildman–Crippen LogP) is 3.34. The van der Waals surface area contributed by atoms with Gasteiger partial charge in [0.25, 0.3) is 0 Å². The molecule has 5 nitrogen and oxygen atoms in total. The standard InChI is InChI=1S/C15H21N3O2/c1-4-5-6-14-17-15(20-18-14)10-16-12-9-11(2)7-8-13(12)19-3/h7-9,16H,4-6,10H2,1-3H3. The number of aromatic nitrogens is 2. The van der Waals surface area contributed by atoms with Gasteiger partial charge in [-0.1, -0.05) is 24.6 Å². The van der Waals surface area contributed by atoms with E-state index in [1.807, 2.05) is 25.1 Å². The summed E-state index contributed by atoms with van der Waals surface area (Å²) in [4.78, 5) is 4.36. The zero-order valence-electron chi connectivity index (χ0n) is 12.3. The third-order valence-electron chi connectivity index (χ3n) is 3.05. The van der Waals surface area contributed by atoms with Crippen LogP contribution in [0.15, 0.2) is 22.7 Å². The Hall–Kier alpha value is -2.04. The van der Waals surface area contributed by atoms with Crippen molar-refractivity contribution in [1.82, 2.24) is 10.1 Å². The molecule has 0 aliphatic rings. The number of ether oxygens (including phenoxy) is 1. The van der Waals surface area contributed by atoms with Crippen molar-refractivity contribution in [2.75, 3.05) is 12.4 Å². The van der Waals surface area contributed by atoms with Crippen LogP contribution in [0, 0.1) is 6.92 Å². The SMILES string of the molecule is CCCCc1noc(CNc2cc(C)ccc2OC)n1. The molecule has 20 heavy (non-hydrogen) atoms. The maximum atomic E-state index is 5.32. The fraction of sp³-hybridized carbons (Fsp3) is 0.467. The summed E-state index contributed by atoms with van der Waals surface area (Å²) >= 11 is 0. The minimum absolute atomic E-state index is 0.499. The van der Waals surface area contributed by atoms with Gasteiger partial charge in [-0.05, 0) is 31.0 Å². The molecular formula is C15H21N3O2. The van der Waals surface area contributed by atoms with Crippen molar-refractivity contribution in [2.24, 2.45) is 0 Å². The van der Waals surface area contributed by atoms with Gasteiger partial charge in [0, 0.05) is 6.42 Å². The van der Waals surface area contributed by atoms with Crippen molar-refractivity contribution < 1.29 is 9.26 Å². The van der Waals surface area contributed by atoms with Crippen molar-refractivity contribution >= 4 is 5.69 Å². The highest BCUT2D eigenvalue weighted by molar-refractivity contribution is 5.57. The maximum Gasteiger partial charge on any atom is 0.245 e.